The minimum Gasteiger partial charge on any atom is -0.353 e. The molecule has 1 aromatic carbocycles. The first kappa shape index (κ1) is 25.8. The fourth-order valence-electron chi connectivity index (χ4n) is 4.16. The van der Waals surface area contributed by atoms with Crippen molar-refractivity contribution in [2.45, 2.75) is 66.1 Å². The van der Waals surface area contributed by atoms with Crippen LogP contribution in [-0.2, 0) is 22.2 Å². The molecule has 2 aromatic rings. The standard InChI is InChI=1S/C25H33F3N4O2/c1-15(2)16(3)29-24(34)19-9-11-31(12-10-19)23(33)14-22-17(4)30-32(18(22)5)21-8-6-7-20(13-21)25(26,27)28/h6-8,13,15-16,19H,9-12,14H2,1-5H3,(H,29,34). The fraction of sp³-hybridized carbons (Fsp3) is 0.560. The lowest BCUT2D eigenvalue weighted by atomic mass is 9.94. The zero-order valence-electron chi connectivity index (χ0n) is 20.4. The molecular weight excluding hydrogens is 445 g/mol. The number of aryl methyl sites for hydroxylation is 1. The van der Waals surface area contributed by atoms with Gasteiger partial charge in [-0.05, 0) is 57.7 Å². The summed E-state index contributed by atoms with van der Waals surface area (Å²) in [5.41, 5.74) is 1.52. The Bertz CT molecular complexity index is 1040. The largest absolute Gasteiger partial charge is 0.416 e. The van der Waals surface area contributed by atoms with Gasteiger partial charge in [0.15, 0.2) is 0 Å². The molecule has 1 saturated heterocycles. The quantitative estimate of drug-likeness (QED) is 0.667. The number of benzene rings is 1. The summed E-state index contributed by atoms with van der Waals surface area (Å²) in [5.74, 6) is 0.234. The van der Waals surface area contributed by atoms with Crippen LogP contribution in [0, 0.1) is 25.7 Å². The normalized spacial score (nSPS) is 16.1. The summed E-state index contributed by atoms with van der Waals surface area (Å²) in [6.45, 7) is 10.6. The summed E-state index contributed by atoms with van der Waals surface area (Å²) in [6, 6.07) is 5.10. The molecule has 3 rings (SSSR count). The van der Waals surface area contributed by atoms with Gasteiger partial charge < -0.3 is 10.2 Å². The van der Waals surface area contributed by atoms with E-state index in [0.717, 1.165) is 12.1 Å². The van der Waals surface area contributed by atoms with Crippen molar-refractivity contribution < 1.29 is 22.8 Å². The molecule has 1 N–H and O–H groups in total. The first-order chi connectivity index (χ1) is 15.9. The topological polar surface area (TPSA) is 67.2 Å². The fourth-order valence-corrected chi connectivity index (χ4v) is 4.16. The van der Waals surface area contributed by atoms with Crippen LogP contribution in [0.3, 0.4) is 0 Å². The molecule has 2 heterocycles. The number of nitrogens with one attached hydrogen (secondary N) is 1. The minimum absolute atomic E-state index is 0.0438. The average Bonchev–Trinajstić information content (AvgIpc) is 3.06. The lowest BCUT2D eigenvalue weighted by Crippen LogP contribution is -2.46. The highest BCUT2D eigenvalue weighted by Crippen LogP contribution is 2.31. The number of rotatable bonds is 6. The molecule has 0 saturated carbocycles. The molecule has 0 bridgehead atoms. The average molecular weight is 479 g/mol. The van der Waals surface area contributed by atoms with Crippen molar-refractivity contribution in [3.8, 4) is 5.69 Å². The lowest BCUT2D eigenvalue weighted by molar-refractivity contribution is -0.137. The van der Waals surface area contributed by atoms with Crippen LogP contribution in [0.4, 0.5) is 13.2 Å². The van der Waals surface area contributed by atoms with E-state index >= 15 is 0 Å². The van der Waals surface area contributed by atoms with Crippen LogP contribution in [0.2, 0.25) is 0 Å². The SMILES string of the molecule is Cc1nn(-c2cccc(C(F)(F)F)c2)c(C)c1CC(=O)N1CCC(C(=O)NC(C)C(C)C)CC1. The van der Waals surface area contributed by atoms with Crippen LogP contribution in [0.1, 0.15) is 56.1 Å². The molecule has 2 amide bonds. The maximum Gasteiger partial charge on any atom is 0.416 e. The Morgan fingerprint density at radius 2 is 1.79 bits per heavy atom. The van der Waals surface area contributed by atoms with E-state index < -0.39 is 11.7 Å². The molecule has 1 aromatic heterocycles. The number of likely N-dealkylation sites (tertiary alicyclic amines) is 1. The number of carbonyl (C=O) groups excluding carboxylic acids is 2. The van der Waals surface area contributed by atoms with Crippen molar-refractivity contribution >= 4 is 11.8 Å². The molecule has 1 aliphatic rings. The summed E-state index contributed by atoms with van der Waals surface area (Å²) >= 11 is 0. The van der Waals surface area contributed by atoms with Crippen LogP contribution >= 0.6 is 0 Å². The van der Waals surface area contributed by atoms with Crippen LogP contribution in [0.15, 0.2) is 24.3 Å². The molecule has 6 nitrogen and oxygen atoms in total. The summed E-state index contributed by atoms with van der Waals surface area (Å²) in [7, 11) is 0. The van der Waals surface area contributed by atoms with Crippen molar-refractivity contribution in [1.82, 2.24) is 20.0 Å². The summed E-state index contributed by atoms with van der Waals surface area (Å²) in [6.07, 6.45) is -3.09. The van der Waals surface area contributed by atoms with E-state index in [9.17, 15) is 22.8 Å². The Morgan fingerprint density at radius 3 is 2.38 bits per heavy atom. The van der Waals surface area contributed by atoms with E-state index in [0.29, 0.717) is 54.5 Å². The van der Waals surface area contributed by atoms with E-state index in [1.807, 2.05) is 6.92 Å². The van der Waals surface area contributed by atoms with Gasteiger partial charge in [-0.25, -0.2) is 4.68 Å². The van der Waals surface area contributed by atoms with Gasteiger partial charge in [0.25, 0.3) is 0 Å². The van der Waals surface area contributed by atoms with Gasteiger partial charge in [-0.1, -0.05) is 19.9 Å². The number of nitrogens with zero attached hydrogens (tertiary/aromatic N) is 3. The van der Waals surface area contributed by atoms with Crippen LogP contribution < -0.4 is 5.32 Å². The van der Waals surface area contributed by atoms with Gasteiger partial charge in [0.05, 0.1) is 23.4 Å². The molecule has 1 atom stereocenters. The minimum atomic E-state index is -4.44. The highest BCUT2D eigenvalue weighted by molar-refractivity contribution is 5.81. The Kier molecular flexibility index (Phi) is 7.73. The molecule has 9 heteroatoms. The molecule has 1 unspecified atom stereocenters. The first-order valence-corrected chi connectivity index (χ1v) is 11.7. The van der Waals surface area contributed by atoms with Crippen molar-refractivity contribution in [2.24, 2.45) is 11.8 Å². The number of piperidine rings is 1. The van der Waals surface area contributed by atoms with Crippen molar-refractivity contribution in [3.05, 3.63) is 46.8 Å². The number of aromatic nitrogens is 2. The first-order valence-electron chi connectivity index (χ1n) is 11.7. The third-order valence-corrected chi connectivity index (χ3v) is 6.78. The summed E-state index contributed by atoms with van der Waals surface area (Å²) in [5, 5.41) is 7.46. The van der Waals surface area contributed by atoms with E-state index in [1.54, 1.807) is 24.8 Å². The van der Waals surface area contributed by atoms with E-state index in [4.69, 9.17) is 0 Å². The van der Waals surface area contributed by atoms with Gasteiger partial charge in [0.1, 0.15) is 0 Å². The van der Waals surface area contributed by atoms with Gasteiger partial charge in [-0.2, -0.15) is 18.3 Å². The summed E-state index contributed by atoms with van der Waals surface area (Å²) in [4.78, 5) is 27.2. The highest BCUT2D eigenvalue weighted by Gasteiger charge is 2.31. The molecule has 186 valence electrons. The van der Waals surface area contributed by atoms with Crippen LogP contribution in [0.25, 0.3) is 5.69 Å². The van der Waals surface area contributed by atoms with Gasteiger partial charge >= 0.3 is 6.18 Å². The Labute approximate surface area is 198 Å². The second kappa shape index (κ2) is 10.2. The zero-order valence-corrected chi connectivity index (χ0v) is 20.4. The van der Waals surface area contributed by atoms with Crippen molar-refractivity contribution in [1.29, 1.82) is 0 Å². The van der Waals surface area contributed by atoms with Crippen LogP contribution in [0.5, 0.6) is 0 Å². The third-order valence-electron chi connectivity index (χ3n) is 6.78. The summed E-state index contributed by atoms with van der Waals surface area (Å²) < 4.78 is 40.8. The predicted octanol–water partition coefficient (Wildman–Crippen LogP) is 4.45. The molecule has 34 heavy (non-hydrogen) atoms. The van der Waals surface area contributed by atoms with Crippen molar-refractivity contribution in [3.63, 3.8) is 0 Å². The van der Waals surface area contributed by atoms with Gasteiger partial charge in [0, 0.05) is 36.3 Å². The highest BCUT2D eigenvalue weighted by atomic mass is 19.4. The number of amides is 2. The smallest absolute Gasteiger partial charge is 0.353 e. The number of hydrogen-bond acceptors (Lipinski definition) is 3. The van der Waals surface area contributed by atoms with Gasteiger partial charge in [0.2, 0.25) is 11.8 Å². The molecule has 0 aliphatic carbocycles. The molecule has 1 fully saturated rings. The Morgan fingerprint density at radius 1 is 1.15 bits per heavy atom. The molecule has 0 radical (unpaired) electrons. The number of alkyl halides is 3. The molecule has 0 spiro atoms. The maximum absolute atomic E-state index is 13.1. The molecular formula is C25H33F3N4O2. The number of halogens is 3. The number of carbonyl (C=O) groups is 2. The predicted molar refractivity (Wildman–Crippen MR) is 123 cm³/mol. The lowest BCUT2D eigenvalue weighted by Gasteiger charge is -2.32. The second-order valence-corrected chi connectivity index (χ2v) is 9.48. The molecule has 1 aliphatic heterocycles. The maximum atomic E-state index is 13.1. The Balaban J connectivity index is 1.66. The van der Waals surface area contributed by atoms with E-state index in [2.05, 4.69) is 24.3 Å². The van der Waals surface area contributed by atoms with Gasteiger partial charge in [-0.15, -0.1) is 0 Å². The third kappa shape index (κ3) is 5.80. The Hall–Kier alpha value is -2.84. The van der Waals surface area contributed by atoms with Gasteiger partial charge in [-0.3, -0.25) is 9.59 Å². The second-order valence-electron chi connectivity index (χ2n) is 9.48. The van der Waals surface area contributed by atoms with E-state index in [-0.39, 0.29) is 30.2 Å². The zero-order chi connectivity index (χ0) is 25.2. The number of hydrogen-bond donors (Lipinski definition) is 1. The van der Waals surface area contributed by atoms with Crippen molar-refractivity contribution in [2.75, 3.05) is 13.1 Å². The van der Waals surface area contributed by atoms with E-state index in [1.165, 1.54) is 10.7 Å². The van der Waals surface area contributed by atoms with Crippen LogP contribution in [-0.4, -0.2) is 45.6 Å². The monoisotopic (exact) mass is 478 g/mol.